The van der Waals surface area contributed by atoms with Crippen LogP contribution in [0.5, 0.6) is 0 Å². The SMILES string of the molecule is CC(C)(C)C(OC(=O)OC(C1COC(=O)N1)C(C)(C)C)C1COC(=O)N1. The van der Waals surface area contributed by atoms with Crippen LogP contribution >= 0.6 is 0 Å². The lowest BCUT2D eigenvalue weighted by Crippen LogP contribution is -2.51. The van der Waals surface area contributed by atoms with Crippen LogP contribution in [0.2, 0.25) is 0 Å². The predicted molar refractivity (Wildman–Crippen MR) is 90.6 cm³/mol. The summed E-state index contributed by atoms with van der Waals surface area (Å²) < 4.78 is 20.9. The lowest BCUT2D eigenvalue weighted by molar-refractivity contribution is -0.0723. The second-order valence-electron chi connectivity index (χ2n) is 8.76. The average Bonchev–Trinajstić information content (AvgIpc) is 3.08. The standard InChI is InChI=1S/C17H28N2O7/c1-16(2,3)11(9-7-23-13(20)18-9)25-15(22)26-12(17(4,5)6)10-8-24-14(21)19-10/h9-12H,7-8H2,1-6H3,(H,18,20)(H,19,21). The van der Waals surface area contributed by atoms with Gasteiger partial charge in [0.25, 0.3) is 0 Å². The van der Waals surface area contributed by atoms with Gasteiger partial charge in [-0.15, -0.1) is 0 Å². The number of cyclic esters (lactones) is 2. The monoisotopic (exact) mass is 372 g/mol. The Hall–Kier alpha value is -2.19. The van der Waals surface area contributed by atoms with Gasteiger partial charge in [-0.25, -0.2) is 14.4 Å². The third-order valence-electron chi connectivity index (χ3n) is 4.28. The lowest BCUT2D eigenvalue weighted by atomic mass is 9.84. The van der Waals surface area contributed by atoms with Crippen LogP contribution in [-0.4, -0.2) is 55.8 Å². The molecule has 2 fully saturated rings. The Kier molecular flexibility index (Phi) is 5.58. The molecule has 2 aliphatic rings. The van der Waals surface area contributed by atoms with E-state index in [0.717, 1.165) is 0 Å². The van der Waals surface area contributed by atoms with Crippen LogP contribution in [-0.2, 0) is 18.9 Å². The fraction of sp³-hybridized carbons (Fsp3) is 0.824. The smallest absolute Gasteiger partial charge is 0.447 e. The van der Waals surface area contributed by atoms with Crippen molar-refractivity contribution in [2.75, 3.05) is 13.2 Å². The van der Waals surface area contributed by atoms with Gasteiger partial charge in [-0.3, -0.25) is 0 Å². The number of hydrogen-bond donors (Lipinski definition) is 2. The Morgan fingerprint density at radius 3 is 1.46 bits per heavy atom. The molecular weight excluding hydrogens is 344 g/mol. The van der Waals surface area contributed by atoms with E-state index < -0.39 is 53.5 Å². The second kappa shape index (κ2) is 7.20. The molecule has 2 aliphatic heterocycles. The minimum Gasteiger partial charge on any atom is -0.447 e. The molecule has 0 spiro atoms. The van der Waals surface area contributed by atoms with Crippen molar-refractivity contribution in [3.63, 3.8) is 0 Å². The van der Waals surface area contributed by atoms with Crippen LogP contribution in [0, 0.1) is 10.8 Å². The first kappa shape index (κ1) is 20.1. The fourth-order valence-electron chi connectivity index (χ4n) is 3.09. The van der Waals surface area contributed by atoms with E-state index in [-0.39, 0.29) is 13.2 Å². The van der Waals surface area contributed by atoms with Gasteiger partial charge in [-0.2, -0.15) is 0 Å². The zero-order valence-corrected chi connectivity index (χ0v) is 16.1. The number of ether oxygens (including phenoxy) is 4. The Balaban J connectivity index is 2.07. The van der Waals surface area contributed by atoms with E-state index in [2.05, 4.69) is 10.6 Å². The zero-order chi connectivity index (χ0) is 19.7. The number of alkyl carbamates (subject to hydrolysis) is 2. The summed E-state index contributed by atoms with van der Waals surface area (Å²) in [4.78, 5) is 35.1. The minimum absolute atomic E-state index is 0.114. The molecule has 26 heavy (non-hydrogen) atoms. The Morgan fingerprint density at radius 2 is 1.23 bits per heavy atom. The summed E-state index contributed by atoms with van der Waals surface area (Å²) in [5.74, 6) is 0. The largest absolute Gasteiger partial charge is 0.509 e. The molecule has 4 unspecified atom stereocenters. The second-order valence-corrected chi connectivity index (χ2v) is 8.76. The fourth-order valence-corrected chi connectivity index (χ4v) is 3.09. The molecule has 9 heteroatoms. The van der Waals surface area contributed by atoms with Gasteiger partial charge < -0.3 is 29.6 Å². The van der Waals surface area contributed by atoms with Gasteiger partial charge in [-0.05, 0) is 0 Å². The van der Waals surface area contributed by atoms with Gasteiger partial charge >= 0.3 is 18.3 Å². The van der Waals surface area contributed by atoms with Crippen molar-refractivity contribution in [2.45, 2.75) is 65.8 Å². The molecule has 0 aromatic rings. The van der Waals surface area contributed by atoms with Gasteiger partial charge in [-0.1, -0.05) is 41.5 Å². The van der Waals surface area contributed by atoms with Gasteiger partial charge in [0.15, 0.2) is 0 Å². The quantitative estimate of drug-likeness (QED) is 0.574. The van der Waals surface area contributed by atoms with Gasteiger partial charge in [0, 0.05) is 10.8 Å². The molecule has 2 rings (SSSR count). The van der Waals surface area contributed by atoms with E-state index in [1.165, 1.54) is 0 Å². The molecular formula is C17H28N2O7. The predicted octanol–water partition coefficient (Wildman–Crippen LogP) is 2.19. The van der Waals surface area contributed by atoms with Crippen molar-refractivity contribution in [3.8, 4) is 0 Å². The summed E-state index contributed by atoms with van der Waals surface area (Å²) in [6.45, 7) is 11.6. The van der Waals surface area contributed by atoms with Crippen molar-refractivity contribution >= 4 is 18.3 Å². The van der Waals surface area contributed by atoms with Crippen LogP contribution in [0.3, 0.4) is 0 Å². The topological polar surface area (TPSA) is 112 Å². The molecule has 2 N–H and O–H groups in total. The maximum atomic E-state index is 12.5. The lowest BCUT2D eigenvalue weighted by Gasteiger charge is -2.36. The molecule has 9 nitrogen and oxygen atoms in total. The van der Waals surface area contributed by atoms with Crippen LogP contribution < -0.4 is 10.6 Å². The highest BCUT2D eigenvalue weighted by Crippen LogP contribution is 2.30. The van der Waals surface area contributed by atoms with Gasteiger partial charge in [0.1, 0.15) is 37.5 Å². The van der Waals surface area contributed by atoms with Crippen molar-refractivity contribution < 1.29 is 33.3 Å². The summed E-state index contributed by atoms with van der Waals surface area (Å²) in [6.07, 6.45) is -3.24. The van der Waals surface area contributed by atoms with E-state index in [1.54, 1.807) is 0 Å². The molecule has 2 saturated heterocycles. The summed E-state index contributed by atoms with van der Waals surface area (Å²) in [5.41, 5.74) is -0.904. The molecule has 0 bridgehead atoms. The average molecular weight is 372 g/mol. The normalized spacial score (nSPS) is 25.5. The minimum atomic E-state index is -0.868. The maximum Gasteiger partial charge on any atom is 0.509 e. The van der Waals surface area contributed by atoms with E-state index in [9.17, 15) is 14.4 Å². The van der Waals surface area contributed by atoms with Crippen LogP contribution in [0.4, 0.5) is 14.4 Å². The Labute approximate surface area is 153 Å². The van der Waals surface area contributed by atoms with E-state index >= 15 is 0 Å². The number of nitrogens with one attached hydrogen (secondary N) is 2. The zero-order valence-electron chi connectivity index (χ0n) is 16.1. The summed E-state index contributed by atoms with van der Waals surface area (Å²) >= 11 is 0. The highest BCUT2D eigenvalue weighted by Gasteiger charge is 2.44. The molecule has 0 saturated carbocycles. The number of carbonyl (C=O) groups is 3. The molecule has 4 atom stereocenters. The van der Waals surface area contributed by atoms with Crippen LogP contribution in [0.25, 0.3) is 0 Å². The number of carbonyl (C=O) groups excluding carboxylic acids is 3. The third-order valence-corrected chi connectivity index (χ3v) is 4.28. The van der Waals surface area contributed by atoms with Crippen molar-refractivity contribution in [2.24, 2.45) is 10.8 Å². The first-order chi connectivity index (χ1) is 11.9. The molecule has 0 aromatic carbocycles. The summed E-state index contributed by atoms with van der Waals surface area (Å²) in [5, 5.41) is 5.28. The van der Waals surface area contributed by atoms with Crippen LogP contribution in [0.1, 0.15) is 41.5 Å². The number of hydrogen-bond acceptors (Lipinski definition) is 7. The van der Waals surface area contributed by atoms with Crippen LogP contribution in [0.15, 0.2) is 0 Å². The molecule has 2 heterocycles. The van der Waals surface area contributed by atoms with E-state index in [0.29, 0.717) is 0 Å². The van der Waals surface area contributed by atoms with E-state index in [1.807, 2.05) is 41.5 Å². The first-order valence-corrected chi connectivity index (χ1v) is 8.62. The molecule has 0 aromatic heterocycles. The number of rotatable bonds is 4. The first-order valence-electron chi connectivity index (χ1n) is 8.62. The molecule has 0 aliphatic carbocycles. The third kappa shape index (κ3) is 4.92. The molecule has 2 amide bonds. The highest BCUT2D eigenvalue weighted by atomic mass is 16.7. The van der Waals surface area contributed by atoms with Crippen molar-refractivity contribution in [3.05, 3.63) is 0 Å². The van der Waals surface area contributed by atoms with E-state index in [4.69, 9.17) is 18.9 Å². The summed E-state index contributed by atoms with van der Waals surface area (Å²) in [6, 6.07) is -0.921. The number of amides is 2. The molecule has 148 valence electrons. The Morgan fingerprint density at radius 1 is 0.885 bits per heavy atom. The maximum absolute atomic E-state index is 12.5. The van der Waals surface area contributed by atoms with Gasteiger partial charge in [0.2, 0.25) is 0 Å². The summed E-state index contributed by atoms with van der Waals surface area (Å²) in [7, 11) is 0. The molecule has 0 radical (unpaired) electrons. The van der Waals surface area contributed by atoms with Crippen molar-refractivity contribution in [1.29, 1.82) is 0 Å². The van der Waals surface area contributed by atoms with Gasteiger partial charge in [0.05, 0.1) is 0 Å². The van der Waals surface area contributed by atoms with Crippen molar-refractivity contribution in [1.82, 2.24) is 10.6 Å². The Bertz CT molecular complexity index is 516. The highest BCUT2D eigenvalue weighted by molar-refractivity contribution is 5.70.